The summed E-state index contributed by atoms with van der Waals surface area (Å²) >= 11 is 11.5. The van der Waals surface area contributed by atoms with Crippen molar-refractivity contribution in [3.63, 3.8) is 0 Å². The molecule has 0 aliphatic heterocycles. The van der Waals surface area contributed by atoms with E-state index in [-0.39, 0.29) is 29.1 Å². The van der Waals surface area contributed by atoms with Gasteiger partial charge in [0.15, 0.2) is 9.84 Å². The number of rotatable bonds is 6. The zero-order chi connectivity index (χ0) is 14.6. The first-order chi connectivity index (χ1) is 8.76. The molecule has 0 bridgehead atoms. The molecule has 1 aromatic carbocycles. The average Bonchev–Trinajstić information content (AvgIpc) is 2.33. The van der Waals surface area contributed by atoms with Crippen LogP contribution in [0.5, 0.6) is 0 Å². The van der Waals surface area contributed by atoms with E-state index in [1.54, 1.807) is 13.8 Å². The molecule has 1 N–H and O–H groups in total. The maximum Gasteiger partial charge on any atom is 0.151 e. The Hall–Kier alpha value is -0.360. The molecule has 108 valence electrons. The van der Waals surface area contributed by atoms with Gasteiger partial charge in [0.05, 0.1) is 10.8 Å². The second-order valence-electron chi connectivity index (χ2n) is 4.20. The van der Waals surface area contributed by atoms with E-state index in [4.69, 9.17) is 23.2 Å². The third-order valence-electron chi connectivity index (χ3n) is 2.79. The van der Waals surface area contributed by atoms with Crippen molar-refractivity contribution < 1.29 is 12.8 Å². The van der Waals surface area contributed by atoms with E-state index in [1.807, 2.05) is 0 Å². The topological polar surface area (TPSA) is 46.2 Å². The van der Waals surface area contributed by atoms with Gasteiger partial charge < -0.3 is 5.32 Å². The van der Waals surface area contributed by atoms with Crippen molar-refractivity contribution in [2.24, 2.45) is 0 Å². The lowest BCUT2D eigenvalue weighted by Gasteiger charge is -2.16. The lowest BCUT2D eigenvalue weighted by Crippen LogP contribution is -2.27. The SMILES string of the molecule is CCS(=O)(=O)CCNC(C)c1cc(Cl)cc(Cl)c1F. The van der Waals surface area contributed by atoms with Crippen LogP contribution < -0.4 is 5.32 Å². The number of halogens is 3. The Morgan fingerprint density at radius 1 is 1.37 bits per heavy atom. The maximum atomic E-state index is 13.8. The van der Waals surface area contributed by atoms with E-state index < -0.39 is 15.7 Å². The summed E-state index contributed by atoms with van der Waals surface area (Å²) in [6.45, 7) is 3.57. The number of benzene rings is 1. The van der Waals surface area contributed by atoms with Crippen LogP contribution in [-0.2, 0) is 9.84 Å². The minimum atomic E-state index is -3.03. The first-order valence-electron chi connectivity index (χ1n) is 5.85. The molecule has 1 aromatic rings. The third-order valence-corrected chi connectivity index (χ3v) is 4.99. The molecule has 0 radical (unpaired) electrons. The molecule has 1 unspecified atom stereocenters. The molecule has 0 spiro atoms. The molecule has 0 amide bonds. The molecule has 0 aliphatic rings. The Morgan fingerprint density at radius 2 is 2.00 bits per heavy atom. The summed E-state index contributed by atoms with van der Waals surface area (Å²) in [7, 11) is -3.03. The third kappa shape index (κ3) is 4.91. The molecular formula is C12H16Cl2FNO2S. The van der Waals surface area contributed by atoms with Crippen LogP contribution in [0.15, 0.2) is 12.1 Å². The Bertz CT molecular complexity index is 549. The molecule has 1 atom stereocenters. The second-order valence-corrected chi connectivity index (χ2v) is 7.52. The van der Waals surface area contributed by atoms with E-state index in [0.717, 1.165) is 0 Å². The van der Waals surface area contributed by atoms with Crippen molar-refractivity contribution in [3.8, 4) is 0 Å². The van der Waals surface area contributed by atoms with Crippen LogP contribution in [0.3, 0.4) is 0 Å². The highest BCUT2D eigenvalue weighted by Crippen LogP contribution is 2.27. The molecule has 0 aliphatic carbocycles. The summed E-state index contributed by atoms with van der Waals surface area (Å²) < 4.78 is 36.5. The Labute approximate surface area is 123 Å². The normalized spacial score (nSPS) is 13.5. The first-order valence-corrected chi connectivity index (χ1v) is 8.42. The van der Waals surface area contributed by atoms with Crippen LogP contribution in [0.25, 0.3) is 0 Å². The van der Waals surface area contributed by atoms with Gasteiger partial charge in [-0.15, -0.1) is 0 Å². The van der Waals surface area contributed by atoms with Gasteiger partial charge in [-0.2, -0.15) is 0 Å². The highest BCUT2D eigenvalue weighted by atomic mass is 35.5. The van der Waals surface area contributed by atoms with Crippen molar-refractivity contribution in [1.29, 1.82) is 0 Å². The summed E-state index contributed by atoms with van der Waals surface area (Å²) in [5, 5.41) is 3.25. The largest absolute Gasteiger partial charge is 0.309 e. The van der Waals surface area contributed by atoms with Crippen LogP contribution in [0.2, 0.25) is 10.0 Å². The quantitative estimate of drug-likeness (QED) is 0.816. The molecule has 3 nitrogen and oxygen atoms in total. The minimum absolute atomic E-state index is 0.0176. The van der Waals surface area contributed by atoms with Crippen molar-refractivity contribution >= 4 is 33.0 Å². The van der Waals surface area contributed by atoms with Gasteiger partial charge >= 0.3 is 0 Å². The number of hydrogen-bond acceptors (Lipinski definition) is 3. The van der Waals surface area contributed by atoms with E-state index in [1.165, 1.54) is 12.1 Å². The van der Waals surface area contributed by atoms with Crippen molar-refractivity contribution in [2.45, 2.75) is 19.9 Å². The minimum Gasteiger partial charge on any atom is -0.309 e. The number of sulfone groups is 1. The van der Waals surface area contributed by atoms with Gasteiger partial charge in [-0.1, -0.05) is 30.1 Å². The van der Waals surface area contributed by atoms with E-state index in [0.29, 0.717) is 10.6 Å². The van der Waals surface area contributed by atoms with Crippen LogP contribution >= 0.6 is 23.2 Å². The fraction of sp³-hybridized carbons (Fsp3) is 0.500. The summed E-state index contributed by atoms with van der Waals surface area (Å²) in [4.78, 5) is 0. The van der Waals surface area contributed by atoms with Crippen LogP contribution in [-0.4, -0.2) is 26.5 Å². The van der Waals surface area contributed by atoms with Gasteiger partial charge in [-0.3, -0.25) is 0 Å². The summed E-state index contributed by atoms with van der Waals surface area (Å²) in [5.74, 6) is -0.422. The van der Waals surface area contributed by atoms with Crippen molar-refractivity contribution in [3.05, 3.63) is 33.6 Å². The number of nitrogens with one attached hydrogen (secondary N) is 1. The van der Waals surface area contributed by atoms with Crippen LogP contribution in [0.1, 0.15) is 25.5 Å². The standard InChI is InChI=1S/C12H16Cl2FNO2S/c1-3-19(17,18)5-4-16-8(2)10-6-9(13)7-11(14)12(10)15/h6-8,16H,3-5H2,1-2H3. The molecule has 0 heterocycles. The fourth-order valence-corrected chi connectivity index (χ4v) is 2.80. The maximum absolute atomic E-state index is 13.8. The van der Waals surface area contributed by atoms with Gasteiger partial charge in [0.1, 0.15) is 5.82 Å². The fourth-order valence-electron chi connectivity index (χ4n) is 1.58. The molecule has 19 heavy (non-hydrogen) atoms. The number of hydrogen-bond donors (Lipinski definition) is 1. The highest BCUT2D eigenvalue weighted by Gasteiger charge is 2.15. The van der Waals surface area contributed by atoms with E-state index in [2.05, 4.69) is 5.32 Å². The van der Waals surface area contributed by atoms with Gasteiger partial charge in [-0.05, 0) is 19.1 Å². The summed E-state index contributed by atoms with van der Waals surface area (Å²) in [6.07, 6.45) is 0. The Kier molecular flexibility index (Phi) is 6.05. The molecular weight excluding hydrogens is 312 g/mol. The highest BCUT2D eigenvalue weighted by molar-refractivity contribution is 7.91. The summed E-state index contributed by atoms with van der Waals surface area (Å²) in [5.41, 5.74) is 0.325. The van der Waals surface area contributed by atoms with Crippen molar-refractivity contribution in [1.82, 2.24) is 5.32 Å². The average molecular weight is 328 g/mol. The van der Waals surface area contributed by atoms with Gasteiger partial charge in [-0.25, -0.2) is 12.8 Å². The lowest BCUT2D eigenvalue weighted by atomic mass is 10.1. The first kappa shape index (κ1) is 16.7. The smallest absolute Gasteiger partial charge is 0.151 e. The van der Waals surface area contributed by atoms with Gasteiger partial charge in [0, 0.05) is 28.9 Å². The molecule has 1 rings (SSSR count). The van der Waals surface area contributed by atoms with Gasteiger partial charge in [0.25, 0.3) is 0 Å². The zero-order valence-electron chi connectivity index (χ0n) is 10.7. The monoisotopic (exact) mass is 327 g/mol. The van der Waals surface area contributed by atoms with Crippen LogP contribution in [0.4, 0.5) is 4.39 Å². The second kappa shape index (κ2) is 6.88. The molecule has 0 saturated carbocycles. The molecule has 0 fully saturated rings. The van der Waals surface area contributed by atoms with Crippen molar-refractivity contribution in [2.75, 3.05) is 18.1 Å². The Morgan fingerprint density at radius 3 is 2.58 bits per heavy atom. The summed E-state index contributed by atoms with van der Waals surface area (Å²) in [6, 6.07) is 2.44. The van der Waals surface area contributed by atoms with Crippen LogP contribution in [0, 0.1) is 5.82 Å². The Balaban J connectivity index is 2.72. The predicted molar refractivity (Wildman–Crippen MR) is 77.2 cm³/mol. The predicted octanol–water partition coefficient (Wildman–Crippen LogP) is 3.22. The zero-order valence-corrected chi connectivity index (χ0v) is 13.0. The lowest BCUT2D eigenvalue weighted by molar-refractivity contribution is 0.537. The van der Waals surface area contributed by atoms with E-state index >= 15 is 0 Å². The van der Waals surface area contributed by atoms with Gasteiger partial charge in [0.2, 0.25) is 0 Å². The molecule has 0 saturated heterocycles. The van der Waals surface area contributed by atoms with E-state index in [9.17, 15) is 12.8 Å². The molecule has 0 aromatic heterocycles. The molecule has 7 heteroatoms.